The van der Waals surface area contributed by atoms with E-state index in [1.807, 2.05) is 67.6 Å². The summed E-state index contributed by atoms with van der Waals surface area (Å²) in [5.74, 6) is -0.0889. The predicted molar refractivity (Wildman–Crippen MR) is 116 cm³/mol. The van der Waals surface area contributed by atoms with Crippen molar-refractivity contribution >= 4 is 16.7 Å². The summed E-state index contributed by atoms with van der Waals surface area (Å²) in [5, 5.41) is 8.80. The number of nitrogens with one attached hydrogen (secondary N) is 1. The molecule has 0 saturated carbocycles. The Morgan fingerprint density at radius 2 is 1.80 bits per heavy atom. The molecule has 0 unspecified atom stereocenters. The first kappa shape index (κ1) is 19.5. The van der Waals surface area contributed by atoms with Crippen molar-refractivity contribution < 1.29 is 4.79 Å². The van der Waals surface area contributed by atoms with E-state index >= 15 is 0 Å². The summed E-state index contributed by atoms with van der Waals surface area (Å²) < 4.78 is 1.41. The monoisotopic (exact) mass is 398 g/mol. The topological polar surface area (TPSA) is 76.9 Å². The van der Waals surface area contributed by atoms with Crippen molar-refractivity contribution in [2.75, 3.05) is 0 Å². The van der Waals surface area contributed by atoms with Crippen LogP contribution in [0.25, 0.3) is 10.8 Å². The number of nitrogens with zero attached hydrogens (tertiary/aromatic N) is 3. The highest BCUT2D eigenvalue weighted by atomic mass is 16.1. The first-order valence-corrected chi connectivity index (χ1v) is 9.81. The van der Waals surface area contributed by atoms with E-state index in [-0.39, 0.29) is 24.6 Å². The fourth-order valence-electron chi connectivity index (χ4n) is 3.44. The van der Waals surface area contributed by atoms with Gasteiger partial charge in [0.1, 0.15) is 0 Å². The molecule has 4 aromatic rings. The highest BCUT2D eigenvalue weighted by Crippen LogP contribution is 2.14. The Labute approximate surface area is 174 Å². The van der Waals surface area contributed by atoms with E-state index in [9.17, 15) is 9.59 Å². The molecule has 0 bridgehead atoms. The number of rotatable bonds is 6. The highest BCUT2D eigenvalue weighted by Gasteiger charge is 2.12. The summed E-state index contributed by atoms with van der Waals surface area (Å²) in [5.41, 5.74) is 3.31. The van der Waals surface area contributed by atoms with Crippen molar-refractivity contribution in [2.24, 2.45) is 0 Å². The summed E-state index contributed by atoms with van der Waals surface area (Å²) in [6.07, 6.45) is 1.99. The minimum absolute atomic E-state index is 0.0889. The maximum atomic E-state index is 12.9. The largest absolute Gasteiger partial charge is 0.350 e. The summed E-state index contributed by atoms with van der Waals surface area (Å²) in [6.45, 7) is 2.52. The molecule has 0 fully saturated rings. The van der Waals surface area contributed by atoms with Crippen molar-refractivity contribution in [3.63, 3.8) is 0 Å². The summed E-state index contributed by atoms with van der Waals surface area (Å²) in [4.78, 5) is 29.6. The number of aromatic nitrogens is 3. The Bertz CT molecular complexity index is 1250. The van der Waals surface area contributed by atoms with Gasteiger partial charge in [0, 0.05) is 11.6 Å². The first-order valence-electron chi connectivity index (χ1n) is 9.81. The zero-order valence-electron chi connectivity index (χ0n) is 16.7. The van der Waals surface area contributed by atoms with Crippen molar-refractivity contribution in [1.29, 1.82) is 0 Å². The summed E-state index contributed by atoms with van der Waals surface area (Å²) in [6, 6.07) is 20.8. The second-order valence-electron chi connectivity index (χ2n) is 7.22. The number of amides is 1. The summed E-state index contributed by atoms with van der Waals surface area (Å²) in [7, 11) is 0. The van der Waals surface area contributed by atoms with E-state index in [0.29, 0.717) is 17.5 Å². The zero-order chi connectivity index (χ0) is 20.9. The predicted octanol–water partition coefficient (Wildman–Crippen LogP) is 3.01. The van der Waals surface area contributed by atoms with Gasteiger partial charge in [-0.15, -0.1) is 0 Å². The van der Waals surface area contributed by atoms with Gasteiger partial charge in [0.25, 0.3) is 5.56 Å². The molecule has 0 saturated heterocycles. The number of pyridine rings is 1. The van der Waals surface area contributed by atoms with Crippen LogP contribution in [0, 0.1) is 6.92 Å². The zero-order valence-corrected chi connectivity index (χ0v) is 16.7. The number of fused-ring (bicyclic) bond motifs is 1. The van der Waals surface area contributed by atoms with Crippen LogP contribution in [-0.4, -0.2) is 20.7 Å². The molecule has 2 aromatic carbocycles. The van der Waals surface area contributed by atoms with Crippen LogP contribution in [-0.2, 0) is 24.3 Å². The molecule has 0 atom stereocenters. The molecule has 150 valence electrons. The lowest BCUT2D eigenvalue weighted by molar-refractivity contribution is -0.120. The molecule has 30 heavy (non-hydrogen) atoms. The molecule has 0 radical (unpaired) electrons. The van der Waals surface area contributed by atoms with E-state index in [1.54, 1.807) is 12.3 Å². The third-order valence-corrected chi connectivity index (χ3v) is 4.88. The average molecular weight is 398 g/mol. The van der Waals surface area contributed by atoms with E-state index in [4.69, 9.17) is 0 Å². The fourth-order valence-corrected chi connectivity index (χ4v) is 3.44. The second-order valence-corrected chi connectivity index (χ2v) is 7.22. The molecule has 0 aliphatic heterocycles. The molecule has 1 amide bonds. The molecular formula is C24H22N4O2. The van der Waals surface area contributed by atoms with Crippen LogP contribution in [0.2, 0.25) is 0 Å². The lowest BCUT2D eigenvalue weighted by Gasteiger charge is -2.12. The molecule has 0 spiro atoms. The lowest BCUT2D eigenvalue weighted by atomic mass is 10.1. The minimum atomic E-state index is -0.175. The normalized spacial score (nSPS) is 10.8. The van der Waals surface area contributed by atoms with Crippen molar-refractivity contribution in [3.8, 4) is 0 Å². The molecule has 6 nitrogen and oxygen atoms in total. The van der Waals surface area contributed by atoms with Crippen LogP contribution in [0.4, 0.5) is 0 Å². The van der Waals surface area contributed by atoms with Crippen LogP contribution in [0.5, 0.6) is 0 Å². The van der Waals surface area contributed by atoms with Gasteiger partial charge >= 0.3 is 0 Å². The fraction of sp³-hybridized carbons (Fsp3) is 0.167. The maximum absolute atomic E-state index is 12.9. The van der Waals surface area contributed by atoms with Gasteiger partial charge < -0.3 is 5.32 Å². The van der Waals surface area contributed by atoms with Gasteiger partial charge in [0.15, 0.2) is 0 Å². The standard InChI is InChI=1S/C24H22N4O2/c1-17-7-6-8-18(13-17)14-23(29)26-15-22-20-10-2-3-11-21(20)24(30)28(27-22)16-19-9-4-5-12-25-19/h2-13H,14-16H2,1H3,(H,26,29). The quantitative estimate of drug-likeness (QED) is 0.542. The van der Waals surface area contributed by atoms with Crippen LogP contribution in [0.15, 0.2) is 77.7 Å². The molecule has 0 aliphatic rings. The SMILES string of the molecule is Cc1cccc(CC(=O)NCc2nn(Cc3ccccn3)c(=O)c3ccccc23)c1. The Morgan fingerprint density at radius 3 is 2.57 bits per heavy atom. The molecule has 2 heterocycles. The molecule has 6 heteroatoms. The maximum Gasteiger partial charge on any atom is 0.275 e. The lowest BCUT2D eigenvalue weighted by Crippen LogP contribution is -2.29. The van der Waals surface area contributed by atoms with Crippen LogP contribution >= 0.6 is 0 Å². The number of hydrogen-bond donors (Lipinski definition) is 1. The third kappa shape index (κ3) is 4.43. The molecule has 4 rings (SSSR count). The molecule has 0 aliphatic carbocycles. The van der Waals surface area contributed by atoms with Crippen LogP contribution < -0.4 is 10.9 Å². The van der Waals surface area contributed by atoms with E-state index < -0.39 is 0 Å². The van der Waals surface area contributed by atoms with Gasteiger partial charge in [-0.1, -0.05) is 54.1 Å². The Kier molecular flexibility index (Phi) is 5.66. The van der Waals surface area contributed by atoms with E-state index in [1.165, 1.54) is 4.68 Å². The van der Waals surface area contributed by atoms with Crippen molar-refractivity contribution in [2.45, 2.75) is 26.4 Å². The number of hydrogen-bond acceptors (Lipinski definition) is 4. The molecular weight excluding hydrogens is 376 g/mol. The van der Waals surface area contributed by atoms with Gasteiger partial charge in [0.2, 0.25) is 5.91 Å². The Hall–Kier alpha value is -3.80. The van der Waals surface area contributed by atoms with Gasteiger partial charge in [-0.25, -0.2) is 4.68 Å². The minimum Gasteiger partial charge on any atom is -0.350 e. The van der Waals surface area contributed by atoms with Gasteiger partial charge in [-0.3, -0.25) is 14.6 Å². The van der Waals surface area contributed by atoms with Gasteiger partial charge in [-0.05, 0) is 30.7 Å². The number of carbonyl (C=O) groups excluding carboxylic acids is 1. The number of carbonyl (C=O) groups is 1. The van der Waals surface area contributed by atoms with Crippen LogP contribution in [0.1, 0.15) is 22.5 Å². The van der Waals surface area contributed by atoms with Gasteiger partial charge in [0.05, 0.1) is 36.3 Å². The van der Waals surface area contributed by atoms with Crippen molar-refractivity contribution in [3.05, 3.63) is 106 Å². The summed E-state index contributed by atoms with van der Waals surface area (Å²) >= 11 is 0. The van der Waals surface area contributed by atoms with Gasteiger partial charge in [-0.2, -0.15) is 5.10 Å². The number of aryl methyl sites for hydroxylation is 1. The smallest absolute Gasteiger partial charge is 0.275 e. The van der Waals surface area contributed by atoms with Crippen molar-refractivity contribution in [1.82, 2.24) is 20.1 Å². The Morgan fingerprint density at radius 1 is 1.00 bits per heavy atom. The van der Waals surface area contributed by atoms with E-state index in [0.717, 1.165) is 22.2 Å². The Balaban J connectivity index is 1.59. The molecule has 1 N–H and O–H groups in total. The third-order valence-electron chi connectivity index (χ3n) is 4.88. The first-order chi connectivity index (χ1) is 14.6. The highest BCUT2D eigenvalue weighted by molar-refractivity contribution is 5.84. The average Bonchev–Trinajstić information content (AvgIpc) is 2.75. The second kappa shape index (κ2) is 8.69. The van der Waals surface area contributed by atoms with E-state index in [2.05, 4.69) is 15.4 Å². The molecule has 2 aromatic heterocycles. The van der Waals surface area contributed by atoms with Crippen LogP contribution in [0.3, 0.4) is 0 Å². The number of benzene rings is 2.